The lowest BCUT2D eigenvalue weighted by molar-refractivity contribution is 0.525. The molecule has 0 rings (SSSR count). The zero-order valence-electron chi connectivity index (χ0n) is 19.1. The lowest BCUT2D eigenvalue weighted by Crippen LogP contribution is -2.34. The van der Waals surface area contributed by atoms with E-state index < -0.39 is 17.4 Å². The van der Waals surface area contributed by atoms with Crippen molar-refractivity contribution in [3.05, 3.63) is 0 Å². The number of hydrogen-bond acceptors (Lipinski definition) is 1. The molecule has 0 atom stereocenters. The Balaban J connectivity index is 3.16. The summed E-state index contributed by atoms with van der Waals surface area (Å²) >= 11 is 0. The van der Waals surface area contributed by atoms with E-state index in [9.17, 15) is 0 Å². The van der Waals surface area contributed by atoms with Gasteiger partial charge in [0.25, 0.3) is 0 Å². The van der Waals surface area contributed by atoms with Crippen molar-refractivity contribution in [1.82, 2.24) is 0 Å². The third-order valence-corrected chi connectivity index (χ3v) is 10.8. The van der Waals surface area contributed by atoms with Crippen LogP contribution in [0.5, 0.6) is 0 Å². The molecule has 1 radical (unpaired) electrons. The highest BCUT2D eigenvalue weighted by molar-refractivity contribution is 6.77. The Morgan fingerprint density at radius 1 is 0.538 bits per heavy atom. The quantitative estimate of drug-likeness (QED) is 0.146. The highest BCUT2D eigenvalue weighted by atomic mass is 28.4. The first-order chi connectivity index (χ1) is 12.5. The Morgan fingerprint density at radius 3 is 1.15 bits per heavy atom. The van der Waals surface area contributed by atoms with Gasteiger partial charge in [-0.1, -0.05) is 116 Å². The maximum Gasteiger partial charge on any atom is 0.191 e. The summed E-state index contributed by atoms with van der Waals surface area (Å²) in [4.78, 5) is 0. The molecule has 0 aromatic heterocycles. The van der Waals surface area contributed by atoms with Crippen LogP contribution in [0.4, 0.5) is 0 Å². The van der Waals surface area contributed by atoms with Crippen LogP contribution in [0.15, 0.2) is 0 Å². The molecule has 0 saturated heterocycles. The molecular formula is C23H51OSi2. The van der Waals surface area contributed by atoms with Gasteiger partial charge in [0.2, 0.25) is 0 Å². The summed E-state index contributed by atoms with van der Waals surface area (Å²) in [6.07, 6.45) is 24.7. The van der Waals surface area contributed by atoms with E-state index in [2.05, 4.69) is 33.1 Å². The van der Waals surface area contributed by atoms with Crippen LogP contribution in [0.3, 0.4) is 0 Å². The minimum atomic E-state index is -1.33. The van der Waals surface area contributed by atoms with Crippen molar-refractivity contribution in [3.63, 3.8) is 0 Å². The van der Waals surface area contributed by atoms with Gasteiger partial charge in [0.05, 0.1) is 0 Å². The second kappa shape index (κ2) is 18.7. The van der Waals surface area contributed by atoms with Crippen molar-refractivity contribution >= 4 is 17.4 Å². The van der Waals surface area contributed by atoms with E-state index in [1.165, 1.54) is 115 Å². The van der Waals surface area contributed by atoms with Crippen LogP contribution in [-0.2, 0) is 4.12 Å². The molecule has 0 aromatic rings. The first-order valence-electron chi connectivity index (χ1n) is 12.0. The summed E-state index contributed by atoms with van der Waals surface area (Å²) in [5.41, 5.74) is 0. The van der Waals surface area contributed by atoms with Gasteiger partial charge >= 0.3 is 0 Å². The molecule has 0 fully saturated rings. The van der Waals surface area contributed by atoms with E-state index in [1.54, 1.807) is 0 Å². The standard InChI is InChI=1S/C23H51OSi2/c1-6-7-8-9-10-11-12-13-14-15-16-17-18-19-20-21-22-23-26(4,5)24-25(2)3/h6-23H2,1-5H3. The predicted molar refractivity (Wildman–Crippen MR) is 125 cm³/mol. The fourth-order valence-electron chi connectivity index (χ4n) is 3.88. The Morgan fingerprint density at radius 2 is 0.846 bits per heavy atom. The van der Waals surface area contributed by atoms with Gasteiger partial charge in [-0.2, -0.15) is 0 Å². The second-order valence-corrected chi connectivity index (χ2v) is 15.8. The van der Waals surface area contributed by atoms with Gasteiger partial charge in [0, 0.05) is 0 Å². The molecule has 0 amide bonds. The van der Waals surface area contributed by atoms with Crippen LogP contribution in [0, 0.1) is 0 Å². The van der Waals surface area contributed by atoms with Gasteiger partial charge in [0.1, 0.15) is 0 Å². The fraction of sp³-hybridized carbons (Fsp3) is 1.00. The molecule has 0 N–H and O–H groups in total. The van der Waals surface area contributed by atoms with E-state index in [4.69, 9.17) is 4.12 Å². The van der Waals surface area contributed by atoms with Gasteiger partial charge in [-0.3, -0.25) is 0 Å². The lowest BCUT2D eigenvalue weighted by atomic mass is 10.0. The van der Waals surface area contributed by atoms with E-state index in [0.717, 1.165) is 0 Å². The van der Waals surface area contributed by atoms with Gasteiger partial charge < -0.3 is 4.12 Å². The van der Waals surface area contributed by atoms with E-state index in [1.807, 2.05) is 0 Å². The van der Waals surface area contributed by atoms with Crippen LogP contribution in [0.1, 0.15) is 116 Å². The molecule has 0 saturated carbocycles. The molecule has 26 heavy (non-hydrogen) atoms. The van der Waals surface area contributed by atoms with Crippen molar-refractivity contribution in [3.8, 4) is 0 Å². The van der Waals surface area contributed by atoms with E-state index >= 15 is 0 Å². The molecule has 0 aromatic carbocycles. The van der Waals surface area contributed by atoms with E-state index in [0.29, 0.717) is 0 Å². The number of hydrogen-bond donors (Lipinski definition) is 0. The lowest BCUT2D eigenvalue weighted by Gasteiger charge is -2.25. The fourth-order valence-corrected chi connectivity index (χ4v) is 9.81. The Labute approximate surface area is 169 Å². The smallest absolute Gasteiger partial charge is 0.191 e. The normalized spacial score (nSPS) is 12.2. The Hall–Kier alpha value is 0.394. The van der Waals surface area contributed by atoms with Gasteiger partial charge in [-0.05, 0) is 32.2 Å². The summed E-state index contributed by atoms with van der Waals surface area (Å²) < 4.78 is 6.21. The SMILES string of the molecule is CCCCCCCCCCCCCCCCCCC[Si](C)(C)O[Si](C)C. The highest BCUT2D eigenvalue weighted by Gasteiger charge is 2.22. The topological polar surface area (TPSA) is 9.23 Å². The largest absolute Gasteiger partial charge is 0.456 e. The molecule has 0 aliphatic carbocycles. The molecule has 0 aliphatic rings. The summed E-state index contributed by atoms with van der Waals surface area (Å²) in [6.45, 7) is 11.6. The second-order valence-electron chi connectivity index (χ2n) is 9.18. The summed E-state index contributed by atoms with van der Waals surface area (Å²) in [5.74, 6) is 0. The molecule has 0 aliphatic heterocycles. The molecular weight excluding hydrogens is 348 g/mol. The summed E-state index contributed by atoms with van der Waals surface area (Å²) in [7, 11) is -1.83. The first-order valence-corrected chi connectivity index (χ1v) is 17.5. The average molecular weight is 400 g/mol. The van der Waals surface area contributed by atoms with Gasteiger partial charge in [-0.25, -0.2) is 0 Å². The maximum atomic E-state index is 6.21. The van der Waals surface area contributed by atoms with Crippen LogP contribution in [0.2, 0.25) is 32.2 Å². The molecule has 1 nitrogen and oxygen atoms in total. The molecule has 157 valence electrons. The molecule has 0 bridgehead atoms. The number of unbranched alkanes of at least 4 members (excludes halogenated alkanes) is 16. The van der Waals surface area contributed by atoms with Crippen molar-refractivity contribution in [2.24, 2.45) is 0 Å². The molecule has 3 heteroatoms. The average Bonchev–Trinajstić information content (AvgIpc) is 2.56. The first kappa shape index (κ1) is 26.4. The summed E-state index contributed by atoms with van der Waals surface area (Å²) in [5, 5.41) is 0. The van der Waals surface area contributed by atoms with Crippen LogP contribution in [0.25, 0.3) is 0 Å². The minimum Gasteiger partial charge on any atom is -0.456 e. The predicted octanol–water partition coefficient (Wildman–Crippen LogP) is 9.11. The van der Waals surface area contributed by atoms with E-state index in [-0.39, 0.29) is 0 Å². The zero-order valence-corrected chi connectivity index (χ0v) is 21.1. The minimum absolute atomic E-state index is 0.502. The Bertz CT molecular complexity index is 279. The Kier molecular flexibility index (Phi) is 19.0. The van der Waals surface area contributed by atoms with Crippen LogP contribution >= 0.6 is 0 Å². The third-order valence-electron chi connectivity index (χ3n) is 5.36. The zero-order chi connectivity index (χ0) is 19.5. The maximum absolute atomic E-state index is 6.21. The summed E-state index contributed by atoms with van der Waals surface area (Å²) in [6, 6.07) is 1.36. The molecule has 0 spiro atoms. The number of rotatable bonds is 20. The highest BCUT2D eigenvalue weighted by Crippen LogP contribution is 2.19. The van der Waals surface area contributed by atoms with Crippen molar-refractivity contribution in [2.75, 3.05) is 0 Å². The van der Waals surface area contributed by atoms with Crippen molar-refractivity contribution < 1.29 is 4.12 Å². The van der Waals surface area contributed by atoms with Crippen LogP contribution < -0.4 is 0 Å². The van der Waals surface area contributed by atoms with Crippen molar-refractivity contribution in [1.29, 1.82) is 0 Å². The third kappa shape index (κ3) is 20.7. The van der Waals surface area contributed by atoms with Gasteiger partial charge in [0.15, 0.2) is 17.4 Å². The van der Waals surface area contributed by atoms with Crippen LogP contribution in [-0.4, -0.2) is 17.4 Å². The van der Waals surface area contributed by atoms with Gasteiger partial charge in [-0.15, -0.1) is 0 Å². The van der Waals surface area contributed by atoms with Crippen molar-refractivity contribution in [2.45, 2.75) is 148 Å². The molecule has 0 heterocycles. The monoisotopic (exact) mass is 399 g/mol. The molecule has 0 unspecified atom stereocenters.